The number of nitrogens with two attached hydrogens (primary N) is 2. The number of carbonyl (C=O) groups is 1. The van der Waals surface area contributed by atoms with Gasteiger partial charge in [-0.1, -0.05) is 12.1 Å². The molecule has 0 aromatic heterocycles. The maximum Gasteiger partial charge on any atom is 0.255 e. The van der Waals surface area contributed by atoms with Crippen LogP contribution in [-0.2, 0) is 4.79 Å². The highest BCUT2D eigenvalue weighted by Crippen LogP contribution is 2.15. The summed E-state index contributed by atoms with van der Waals surface area (Å²) in [6.45, 7) is 1.80. The molecule has 0 aliphatic carbocycles. The van der Waals surface area contributed by atoms with Crippen LogP contribution in [0.1, 0.15) is 18.5 Å². The topological polar surface area (TPSA) is 78.3 Å². The molecule has 76 valence electrons. The van der Waals surface area contributed by atoms with Gasteiger partial charge in [-0.3, -0.25) is 4.79 Å². The third kappa shape index (κ3) is 3.06. The van der Waals surface area contributed by atoms with Crippen molar-refractivity contribution >= 4 is 5.91 Å². The smallest absolute Gasteiger partial charge is 0.255 e. The molecule has 1 atom stereocenters. The van der Waals surface area contributed by atoms with Gasteiger partial charge in [0.1, 0.15) is 5.75 Å². The fourth-order valence-electron chi connectivity index (χ4n) is 1.02. The van der Waals surface area contributed by atoms with E-state index in [-0.39, 0.29) is 12.6 Å². The maximum atomic E-state index is 10.4. The minimum absolute atomic E-state index is 0.000176. The second kappa shape index (κ2) is 4.62. The Kier molecular flexibility index (Phi) is 3.48. The quantitative estimate of drug-likeness (QED) is 0.735. The lowest BCUT2D eigenvalue weighted by Gasteiger charge is -2.07. The summed E-state index contributed by atoms with van der Waals surface area (Å²) in [6.07, 6.45) is 0. The number of amides is 1. The maximum absolute atomic E-state index is 10.4. The fourth-order valence-corrected chi connectivity index (χ4v) is 1.02. The molecular formula is C10H14N2O2. The van der Waals surface area contributed by atoms with Crippen molar-refractivity contribution in [2.45, 2.75) is 13.0 Å². The molecule has 0 aliphatic heterocycles. The van der Waals surface area contributed by atoms with E-state index in [0.717, 1.165) is 5.56 Å². The van der Waals surface area contributed by atoms with Crippen LogP contribution in [0.3, 0.4) is 0 Å². The number of hydrogen-bond acceptors (Lipinski definition) is 3. The summed E-state index contributed by atoms with van der Waals surface area (Å²) in [5.74, 6) is 0.134. The first kappa shape index (κ1) is 10.5. The highest BCUT2D eigenvalue weighted by atomic mass is 16.5. The monoisotopic (exact) mass is 194 g/mol. The Morgan fingerprint density at radius 1 is 1.43 bits per heavy atom. The number of benzene rings is 1. The summed E-state index contributed by atoms with van der Waals surface area (Å²) in [7, 11) is 0. The molecule has 0 saturated carbocycles. The van der Waals surface area contributed by atoms with Crippen molar-refractivity contribution in [3.8, 4) is 5.75 Å². The van der Waals surface area contributed by atoms with Crippen LogP contribution in [0.4, 0.5) is 0 Å². The Balaban J connectivity index is 2.59. The third-order valence-electron chi connectivity index (χ3n) is 1.79. The summed E-state index contributed by atoms with van der Waals surface area (Å²) in [4.78, 5) is 10.4. The van der Waals surface area contributed by atoms with Crippen LogP contribution < -0.4 is 16.2 Å². The average Bonchev–Trinajstić information content (AvgIpc) is 2.15. The van der Waals surface area contributed by atoms with Gasteiger partial charge in [0.05, 0.1) is 0 Å². The van der Waals surface area contributed by atoms with Gasteiger partial charge >= 0.3 is 0 Å². The van der Waals surface area contributed by atoms with Gasteiger partial charge in [0, 0.05) is 6.04 Å². The summed E-state index contributed by atoms with van der Waals surface area (Å²) in [5, 5.41) is 0. The van der Waals surface area contributed by atoms with Crippen LogP contribution in [0.15, 0.2) is 24.3 Å². The van der Waals surface area contributed by atoms with Crippen molar-refractivity contribution in [1.29, 1.82) is 0 Å². The Morgan fingerprint density at radius 3 is 2.43 bits per heavy atom. The van der Waals surface area contributed by atoms with Crippen LogP contribution >= 0.6 is 0 Å². The van der Waals surface area contributed by atoms with Crippen molar-refractivity contribution in [3.63, 3.8) is 0 Å². The molecule has 0 spiro atoms. The summed E-state index contributed by atoms with van der Waals surface area (Å²) in [5.41, 5.74) is 11.6. The van der Waals surface area contributed by atoms with E-state index in [1.807, 2.05) is 19.1 Å². The second-order valence-electron chi connectivity index (χ2n) is 3.11. The molecule has 4 heteroatoms. The Labute approximate surface area is 82.8 Å². The summed E-state index contributed by atoms with van der Waals surface area (Å²) in [6, 6.07) is 7.26. The van der Waals surface area contributed by atoms with Gasteiger partial charge in [0.15, 0.2) is 6.61 Å². The second-order valence-corrected chi connectivity index (χ2v) is 3.11. The number of hydrogen-bond donors (Lipinski definition) is 2. The molecule has 14 heavy (non-hydrogen) atoms. The van der Waals surface area contributed by atoms with Gasteiger partial charge in [-0.15, -0.1) is 0 Å². The molecule has 4 nitrogen and oxygen atoms in total. The summed E-state index contributed by atoms with van der Waals surface area (Å²) < 4.78 is 5.09. The van der Waals surface area contributed by atoms with E-state index in [9.17, 15) is 4.79 Å². The Bertz CT molecular complexity index is 306. The Hall–Kier alpha value is -1.55. The third-order valence-corrected chi connectivity index (χ3v) is 1.79. The van der Waals surface area contributed by atoms with Gasteiger partial charge < -0.3 is 16.2 Å². The van der Waals surface area contributed by atoms with E-state index in [1.165, 1.54) is 0 Å². The molecule has 0 radical (unpaired) electrons. The zero-order valence-corrected chi connectivity index (χ0v) is 8.07. The van der Waals surface area contributed by atoms with Gasteiger partial charge in [-0.05, 0) is 24.6 Å². The lowest BCUT2D eigenvalue weighted by molar-refractivity contribution is -0.119. The van der Waals surface area contributed by atoms with Crippen LogP contribution in [0, 0.1) is 0 Å². The molecule has 1 unspecified atom stereocenters. The Morgan fingerprint density at radius 2 is 2.00 bits per heavy atom. The standard InChI is InChI=1S/C10H14N2O2/c1-7(11)8-2-4-9(5-3-8)14-6-10(12)13/h2-5,7H,6,11H2,1H3,(H2,12,13). The minimum Gasteiger partial charge on any atom is -0.484 e. The van der Waals surface area contributed by atoms with Crippen LogP contribution in [0.5, 0.6) is 5.75 Å². The van der Waals surface area contributed by atoms with Crippen molar-refractivity contribution in [2.75, 3.05) is 6.61 Å². The predicted molar refractivity (Wildman–Crippen MR) is 53.7 cm³/mol. The van der Waals surface area contributed by atoms with E-state index >= 15 is 0 Å². The van der Waals surface area contributed by atoms with Gasteiger partial charge in [0.25, 0.3) is 5.91 Å². The lowest BCUT2D eigenvalue weighted by Crippen LogP contribution is -2.20. The molecule has 4 N–H and O–H groups in total. The van der Waals surface area contributed by atoms with Gasteiger partial charge in [-0.2, -0.15) is 0 Å². The first-order chi connectivity index (χ1) is 6.59. The van der Waals surface area contributed by atoms with E-state index in [0.29, 0.717) is 5.75 Å². The average molecular weight is 194 g/mol. The number of primary amides is 1. The fraction of sp³-hybridized carbons (Fsp3) is 0.300. The molecule has 1 aromatic rings. The minimum atomic E-state index is -0.485. The van der Waals surface area contributed by atoms with Crippen molar-refractivity contribution in [2.24, 2.45) is 11.5 Å². The van der Waals surface area contributed by atoms with Crippen LogP contribution in [0.2, 0.25) is 0 Å². The molecule has 0 bridgehead atoms. The molecule has 0 fully saturated rings. The van der Waals surface area contributed by atoms with E-state index in [4.69, 9.17) is 16.2 Å². The molecule has 1 rings (SSSR count). The molecule has 1 amide bonds. The first-order valence-corrected chi connectivity index (χ1v) is 4.36. The molecule has 1 aromatic carbocycles. The molecule has 0 saturated heterocycles. The SMILES string of the molecule is CC(N)c1ccc(OCC(N)=O)cc1. The lowest BCUT2D eigenvalue weighted by atomic mass is 10.1. The molecular weight excluding hydrogens is 180 g/mol. The van der Waals surface area contributed by atoms with Gasteiger partial charge in [0.2, 0.25) is 0 Å². The van der Waals surface area contributed by atoms with E-state index in [2.05, 4.69) is 0 Å². The van der Waals surface area contributed by atoms with Crippen molar-refractivity contribution in [1.82, 2.24) is 0 Å². The number of rotatable bonds is 4. The summed E-state index contributed by atoms with van der Waals surface area (Å²) >= 11 is 0. The van der Waals surface area contributed by atoms with Crippen LogP contribution in [0.25, 0.3) is 0 Å². The highest BCUT2D eigenvalue weighted by molar-refractivity contribution is 5.75. The van der Waals surface area contributed by atoms with E-state index < -0.39 is 5.91 Å². The van der Waals surface area contributed by atoms with Crippen LogP contribution in [-0.4, -0.2) is 12.5 Å². The number of ether oxygens (including phenoxy) is 1. The largest absolute Gasteiger partial charge is 0.484 e. The van der Waals surface area contributed by atoms with Crippen molar-refractivity contribution < 1.29 is 9.53 Å². The predicted octanol–water partition coefficient (Wildman–Crippen LogP) is 0.570. The molecule has 0 aliphatic rings. The zero-order valence-electron chi connectivity index (χ0n) is 8.07. The normalized spacial score (nSPS) is 12.1. The first-order valence-electron chi connectivity index (χ1n) is 4.36. The molecule has 0 heterocycles. The number of carbonyl (C=O) groups excluding carboxylic acids is 1. The van der Waals surface area contributed by atoms with E-state index in [1.54, 1.807) is 12.1 Å². The zero-order chi connectivity index (χ0) is 10.6. The van der Waals surface area contributed by atoms with Crippen molar-refractivity contribution in [3.05, 3.63) is 29.8 Å². The highest BCUT2D eigenvalue weighted by Gasteiger charge is 2.00. The van der Waals surface area contributed by atoms with Gasteiger partial charge in [-0.25, -0.2) is 0 Å².